The molecular formula is C24H31FN6O2. The third kappa shape index (κ3) is 5.86. The summed E-state index contributed by atoms with van der Waals surface area (Å²) in [5.41, 5.74) is 6.13. The molecule has 1 saturated heterocycles. The highest BCUT2D eigenvalue weighted by molar-refractivity contribution is 5.79. The molecule has 0 atom stereocenters. The van der Waals surface area contributed by atoms with Gasteiger partial charge in [0.1, 0.15) is 17.4 Å². The molecule has 1 aromatic heterocycles. The summed E-state index contributed by atoms with van der Waals surface area (Å²) >= 11 is 0. The van der Waals surface area contributed by atoms with Crippen molar-refractivity contribution in [1.82, 2.24) is 20.2 Å². The molecule has 1 aliphatic rings. The summed E-state index contributed by atoms with van der Waals surface area (Å²) in [7, 11) is 1.93. The van der Waals surface area contributed by atoms with Gasteiger partial charge in [0.15, 0.2) is 11.6 Å². The Hall–Kier alpha value is -3.48. The lowest BCUT2D eigenvalue weighted by Gasteiger charge is -2.23. The van der Waals surface area contributed by atoms with Crippen LogP contribution < -0.4 is 26.7 Å². The number of rotatable bonds is 5. The topological polar surface area (TPSA) is 118 Å². The first-order chi connectivity index (χ1) is 16.0. The first kappa shape index (κ1) is 24.2. The molecule has 2 heterocycles. The minimum Gasteiger partial charge on any atom is -0.453 e. The van der Waals surface area contributed by atoms with Gasteiger partial charge < -0.3 is 21.1 Å². The van der Waals surface area contributed by atoms with Gasteiger partial charge in [-0.05, 0) is 75.8 Å². The molecule has 176 valence electrons. The molecule has 0 aliphatic carbocycles. The maximum Gasteiger partial charge on any atom is 0.261 e. The van der Waals surface area contributed by atoms with E-state index in [-0.39, 0.29) is 29.7 Å². The number of anilines is 1. The monoisotopic (exact) mass is 454 g/mol. The zero-order valence-corrected chi connectivity index (χ0v) is 18.9. The van der Waals surface area contributed by atoms with E-state index in [0.29, 0.717) is 23.4 Å². The van der Waals surface area contributed by atoms with Gasteiger partial charge in [0.05, 0.1) is 22.9 Å². The van der Waals surface area contributed by atoms with Crippen molar-refractivity contribution in [2.45, 2.75) is 26.3 Å². The van der Waals surface area contributed by atoms with Crippen molar-refractivity contribution < 1.29 is 10.6 Å². The van der Waals surface area contributed by atoms with Crippen molar-refractivity contribution in [3.63, 3.8) is 0 Å². The second-order valence-corrected chi connectivity index (χ2v) is 7.84. The van der Waals surface area contributed by atoms with Crippen LogP contribution in [-0.4, -0.2) is 36.2 Å². The molecule has 1 fully saturated rings. The van der Waals surface area contributed by atoms with Gasteiger partial charge in [-0.25, -0.2) is 9.37 Å². The lowest BCUT2D eigenvalue weighted by molar-refractivity contribution is 0.329. The molecule has 3 aromatic rings. The standard InChI is InChI=1S/C21H20FN5O2.C3H9N.H2/c22-17-2-3-18(24)16(10-23)20(17)29-14-1-4-19-15(9-14)21(28)27(12-26-19)11-13-5-7-25-8-6-13;1-3-4-2;/h1-4,9,12-13,25H,5-8,11,24H2;4H,3H2,1-2H3;1H. The third-order valence-electron chi connectivity index (χ3n) is 5.54. The molecule has 0 unspecified atom stereocenters. The van der Waals surface area contributed by atoms with Gasteiger partial charge in [-0.1, -0.05) is 6.92 Å². The quantitative estimate of drug-likeness (QED) is 0.507. The third-order valence-corrected chi connectivity index (χ3v) is 5.54. The fourth-order valence-electron chi connectivity index (χ4n) is 3.58. The lowest BCUT2D eigenvalue weighted by Crippen LogP contribution is -2.32. The maximum absolute atomic E-state index is 14.2. The zero-order chi connectivity index (χ0) is 23.8. The van der Waals surface area contributed by atoms with Crippen LogP contribution in [0.3, 0.4) is 0 Å². The highest BCUT2D eigenvalue weighted by Gasteiger charge is 2.17. The average Bonchev–Trinajstić information content (AvgIpc) is 2.84. The highest BCUT2D eigenvalue weighted by atomic mass is 19.1. The van der Waals surface area contributed by atoms with Gasteiger partial charge in [-0.2, -0.15) is 5.26 Å². The molecule has 1 aliphatic heterocycles. The smallest absolute Gasteiger partial charge is 0.261 e. The van der Waals surface area contributed by atoms with Crippen LogP contribution in [-0.2, 0) is 6.54 Å². The van der Waals surface area contributed by atoms with Crippen LogP contribution in [0, 0.1) is 23.1 Å². The molecule has 2 aromatic carbocycles. The summed E-state index contributed by atoms with van der Waals surface area (Å²) in [6.07, 6.45) is 3.59. The van der Waals surface area contributed by atoms with E-state index in [1.54, 1.807) is 23.0 Å². The average molecular weight is 455 g/mol. The predicted molar refractivity (Wildman–Crippen MR) is 129 cm³/mol. The van der Waals surface area contributed by atoms with Crippen molar-refractivity contribution in [2.24, 2.45) is 5.92 Å². The maximum atomic E-state index is 14.2. The summed E-state index contributed by atoms with van der Waals surface area (Å²) < 4.78 is 21.4. The number of nitrogens with two attached hydrogens (primary N) is 1. The normalized spacial score (nSPS) is 13.8. The van der Waals surface area contributed by atoms with Crippen molar-refractivity contribution in [1.29, 1.82) is 5.26 Å². The van der Waals surface area contributed by atoms with E-state index in [4.69, 9.17) is 10.5 Å². The minimum atomic E-state index is -0.703. The molecule has 0 bridgehead atoms. The predicted octanol–water partition coefficient (Wildman–Crippen LogP) is 3.25. The van der Waals surface area contributed by atoms with Gasteiger partial charge in [0.2, 0.25) is 0 Å². The summed E-state index contributed by atoms with van der Waals surface area (Å²) in [4.78, 5) is 17.3. The van der Waals surface area contributed by atoms with Crippen LogP contribution in [0.1, 0.15) is 26.8 Å². The zero-order valence-electron chi connectivity index (χ0n) is 18.9. The fraction of sp³-hybridized carbons (Fsp3) is 0.375. The van der Waals surface area contributed by atoms with Crippen LogP contribution in [0.25, 0.3) is 10.9 Å². The molecule has 4 rings (SSSR count). The Morgan fingerprint density at radius 1 is 1.36 bits per heavy atom. The Morgan fingerprint density at radius 3 is 2.76 bits per heavy atom. The van der Waals surface area contributed by atoms with Crippen LogP contribution in [0.15, 0.2) is 41.5 Å². The van der Waals surface area contributed by atoms with E-state index >= 15 is 0 Å². The Balaban J connectivity index is 0.000000758. The molecule has 0 saturated carbocycles. The number of hydrogen-bond donors (Lipinski definition) is 3. The Labute approximate surface area is 193 Å². The summed E-state index contributed by atoms with van der Waals surface area (Å²) in [5.74, 6) is -0.305. The molecule has 9 heteroatoms. The second-order valence-electron chi connectivity index (χ2n) is 7.84. The second kappa shape index (κ2) is 11.4. The van der Waals surface area contributed by atoms with Crippen molar-refractivity contribution in [2.75, 3.05) is 32.4 Å². The number of hydrogen-bond acceptors (Lipinski definition) is 7. The summed E-state index contributed by atoms with van der Waals surface area (Å²) in [6, 6.07) is 9.04. The number of benzene rings is 2. The number of nitriles is 1. The molecule has 0 spiro atoms. The number of nitrogen functional groups attached to an aromatic ring is 1. The van der Waals surface area contributed by atoms with E-state index in [2.05, 4.69) is 22.5 Å². The van der Waals surface area contributed by atoms with Crippen LogP contribution in [0.5, 0.6) is 11.5 Å². The largest absolute Gasteiger partial charge is 0.453 e. The molecule has 33 heavy (non-hydrogen) atoms. The molecular weight excluding hydrogens is 423 g/mol. The number of nitrogens with one attached hydrogen (secondary N) is 2. The number of aromatic nitrogens is 2. The molecule has 8 nitrogen and oxygen atoms in total. The highest BCUT2D eigenvalue weighted by Crippen LogP contribution is 2.32. The van der Waals surface area contributed by atoms with Gasteiger partial charge in [0, 0.05) is 7.97 Å². The molecule has 4 N–H and O–H groups in total. The van der Waals surface area contributed by atoms with Gasteiger partial charge in [-0.3, -0.25) is 9.36 Å². The van der Waals surface area contributed by atoms with Crippen LogP contribution in [0.2, 0.25) is 0 Å². The van der Waals surface area contributed by atoms with E-state index in [1.165, 1.54) is 12.1 Å². The first-order valence-electron chi connectivity index (χ1n) is 11.0. The van der Waals surface area contributed by atoms with E-state index in [9.17, 15) is 14.4 Å². The molecule has 0 amide bonds. The Morgan fingerprint density at radius 2 is 2.09 bits per heavy atom. The van der Waals surface area contributed by atoms with Crippen molar-refractivity contribution in [3.8, 4) is 17.6 Å². The minimum absolute atomic E-state index is 0. The Bertz CT molecular complexity index is 1200. The summed E-state index contributed by atoms with van der Waals surface area (Å²) in [5, 5.41) is 15.9. The van der Waals surface area contributed by atoms with Gasteiger partial charge in [-0.15, -0.1) is 0 Å². The van der Waals surface area contributed by atoms with E-state index in [0.717, 1.165) is 38.5 Å². The summed E-state index contributed by atoms with van der Waals surface area (Å²) in [6.45, 7) is 5.65. The SMILES string of the molecule is CCNC.N#Cc1c(N)ccc(F)c1Oc1ccc2ncn(CC3CCNCC3)c(=O)c2c1.[HH]. The van der Waals surface area contributed by atoms with Crippen molar-refractivity contribution >= 4 is 16.6 Å². The number of halogens is 1. The van der Waals surface area contributed by atoms with Gasteiger partial charge in [0.25, 0.3) is 5.56 Å². The van der Waals surface area contributed by atoms with Crippen molar-refractivity contribution in [3.05, 3.63) is 58.4 Å². The number of ether oxygens (including phenoxy) is 1. The van der Waals surface area contributed by atoms with Crippen LogP contribution >= 0.6 is 0 Å². The number of piperidine rings is 1. The lowest BCUT2D eigenvalue weighted by atomic mass is 9.98. The first-order valence-corrected chi connectivity index (χ1v) is 11.0. The number of fused-ring (bicyclic) bond motifs is 1. The Kier molecular flexibility index (Phi) is 8.35. The fourth-order valence-corrected chi connectivity index (χ4v) is 3.58. The van der Waals surface area contributed by atoms with E-state index < -0.39 is 5.82 Å². The van der Waals surface area contributed by atoms with Crippen LogP contribution in [0.4, 0.5) is 10.1 Å². The molecule has 0 radical (unpaired) electrons. The van der Waals surface area contributed by atoms with Gasteiger partial charge >= 0.3 is 0 Å². The number of nitrogens with zero attached hydrogens (tertiary/aromatic N) is 3. The van der Waals surface area contributed by atoms with E-state index in [1.807, 2.05) is 13.1 Å².